The fourth-order valence-corrected chi connectivity index (χ4v) is 1.03. The fourth-order valence-electron chi connectivity index (χ4n) is 0.425. The highest BCUT2D eigenvalue weighted by molar-refractivity contribution is 14.1. The zero-order chi connectivity index (χ0) is 7.98. The van der Waals surface area contributed by atoms with Crippen LogP contribution in [0.25, 0.3) is 0 Å². The molecule has 0 bridgehead atoms. The van der Waals surface area contributed by atoms with Crippen molar-refractivity contribution in [1.82, 2.24) is 0 Å². The van der Waals surface area contributed by atoms with Crippen LogP contribution in [0.1, 0.15) is 6.92 Å². The molecule has 0 amide bonds. The number of allylic oxidation sites excluding steroid dienone is 5. The van der Waals surface area contributed by atoms with Gasteiger partial charge in [-0.2, -0.15) is 0 Å². The summed E-state index contributed by atoms with van der Waals surface area (Å²) in [5.41, 5.74) is 7.69. The molecule has 0 saturated carbocycles. The quantitative estimate of drug-likeness (QED) is 0.464. The summed E-state index contributed by atoms with van der Waals surface area (Å²) in [5, 5.41) is 0. The third-order valence-electron chi connectivity index (χ3n) is 1.13. The molecule has 0 radical (unpaired) electrons. The molecule has 0 fully saturated rings. The van der Waals surface area contributed by atoms with Crippen molar-refractivity contribution in [2.45, 2.75) is 6.92 Å². The van der Waals surface area contributed by atoms with Crippen LogP contribution in [-0.2, 0) is 0 Å². The van der Waals surface area contributed by atoms with Gasteiger partial charge in [0.05, 0.1) is 0 Å². The van der Waals surface area contributed by atoms with Crippen molar-refractivity contribution in [3.05, 3.63) is 36.1 Å². The van der Waals surface area contributed by atoms with E-state index < -0.39 is 0 Å². The molecule has 56 valence electrons. The lowest BCUT2D eigenvalue weighted by atomic mass is 10.2. The van der Waals surface area contributed by atoms with E-state index in [1.54, 1.807) is 6.08 Å². The normalized spacial score (nSPS) is 13.4. The first kappa shape index (κ1) is 9.75. The number of rotatable bonds is 3. The van der Waals surface area contributed by atoms with Crippen LogP contribution in [0.5, 0.6) is 0 Å². The van der Waals surface area contributed by atoms with Gasteiger partial charge in [0.1, 0.15) is 0 Å². The molecule has 0 spiro atoms. The summed E-state index contributed by atoms with van der Waals surface area (Å²) < 4.78 is 0.880. The summed E-state index contributed by atoms with van der Waals surface area (Å²) >= 11 is 2.24. The van der Waals surface area contributed by atoms with Crippen LogP contribution in [0.3, 0.4) is 0 Å². The molecule has 0 saturated heterocycles. The molecule has 2 heteroatoms. The SMILES string of the molecule is C=C/C=C\C(C)=C(\N)CI. The molecule has 0 atom stereocenters. The minimum absolute atomic E-state index is 0.880. The Hall–Kier alpha value is -0.250. The highest BCUT2D eigenvalue weighted by Crippen LogP contribution is 2.02. The highest BCUT2D eigenvalue weighted by atomic mass is 127. The molecular weight excluding hydrogens is 237 g/mol. The first-order valence-corrected chi connectivity index (χ1v) is 4.55. The Balaban J connectivity index is 4.17. The number of alkyl halides is 1. The zero-order valence-corrected chi connectivity index (χ0v) is 8.26. The molecule has 0 heterocycles. The number of nitrogens with two attached hydrogens (primary N) is 1. The lowest BCUT2D eigenvalue weighted by molar-refractivity contribution is 1.27. The van der Waals surface area contributed by atoms with E-state index >= 15 is 0 Å². The molecular formula is C8H12IN. The fraction of sp³-hybridized carbons (Fsp3) is 0.250. The van der Waals surface area contributed by atoms with Crippen LogP contribution in [0.4, 0.5) is 0 Å². The minimum atomic E-state index is 0.880. The Morgan fingerprint density at radius 1 is 1.70 bits per heavy atom. The molecule has 2 N–H and O–H groups in total. The maximum Gasteiger partial charge on any atom is 0.0395 e. The van der Waals surface area contributed by atoms with Gasteiger partial charge in [-0.05, 0) is 12.5 Å². The summed E-state index contributed by atoms with van der Waals surface area (Å²) in [4.78, 5) is 0. The Morgan fingerprint density at radius 2 is 2.30 bits per heavy atom. The molecule has 0 unspecified atom stereocenters. The van der Waals surface area contributed by atoms with E-state index in [1.165, 1.54) is 0 Å². The van der Waals surface area contributed by atoms with Gasteiger partial charge in [0.2, 0.25) is 0 Å². The Morgan fingerprint density at radius 3 is 2.70 bits per heavy atom. The van der Waals surface area contributed by atoms with Crippen molar-refractivity contribution in [3.8, 4) is 0 Å². The number of hydrogen-bond donors (Lipinski definition) is 1. The molecule has 0 aliphatic carbocycles. The second kappa shape index (κ2) is 5.53. The Labute approximate surface area is 75.8 Å². The number of hydrogen-bond acceptors (Lipinski definition) is 1. The largest absolute Gasteiger partial charge is 0.401 e. The van der Waals surface area contributed by atoms with Gasteiger partial charge in [0.15, 0.2) is 0 Å². The van der Waals surface area contributed by atoms with Gasteiger partial charge in [-0.1, -0.05) is 47.4 Å². The van der Waals surface area contributed by atoms with Crippen LogP contribution in [0.15, 0.2) is 36.1 Å². The summed E-state index contributed by atoms with van der Waals surface area (Å²) in [6, 6.07) is 0. The minimum Gasteiger partial charge on any atom is -0.401 e. The van der Waals surface area contributed by atoms with Crippen molar-refractivity contribution < 1.29 is 0 Å². The molecule has 10 heavy (non-hydrogen) atoms. The third-order valence-corrected chi connectivity index (χ3v) is 1.95. The summed E-state index contributed by atoms with van der Waals surface area (Å²) in [7, 11) is 0. The molecule has 0 aromatic heterocycles. The molecule has 0 aromatic carbocycles. The van der Waals surface area contributed by atoms with E-state index in [4.69, 9.17) is 5.73 Å². The van der Waals surface area contributed by atoms with E-state index in [-0.39, 0.29) is 0 Å². The van der Waals surface area contributed by atoms with Gasteiger partial charge in [-0.15, -0.1) is 0 Å². The first-order chi connectivity index (χ1) is 4.72. The van der Waals surface area contributed by atoms with Crippen molar-refractivity contribution in [2.24, 2.45) is 5.73 Å². The Kier molecular flexibility index (Phi) is 5.39. The number of halogens is 1. The van der Waals surface area contributed by atoms with E-state index in [0.29, 0.717) is 0 Å². The average molecular weight is 249 g/mol. The van der Waals surface area contributed by atoms with Crippen LogP contribution in [0, 0.1) is 0 Å². The highest BCUT2D eigenvalue weighted by Gasteiger charge is 1.88. The van der Waals surface area contributed by atoms with Gasteiger partial charge in [-0.3, -0.25) is 0 Å². The van der Waals surface area contributed by atoms with E-state index in [9.17, 15) is 0 Å². The lowest BCUT2D eigenvalue weighted by Crippen LogP contribution is -2.00. The van der Waals surface area contributed by atoms with Gasteiger partial charge in [-0.25, -0.2) is 0 Å². The summed E-state index contributed by atoms with van der Waals surface area (Å²) in [5.74, 6) is 0. The second-order valence-corrected chi connectivity index (χ2v) is 2.70. The smallest absolute Gasteiger partial charge is 0.0395 e. The monoisotopic (exact) mass is 249 g/mol. The first-order valence-electron chi connectivity index (χ1n) is 3.02. The molecule has 0 aliphatic heterocycles. The molecule has 0 aromatic rings. The van der Waals surface area contributed by atoms with Gasteiger partial charge in [0.25, 0.3) is 0 Å². The van der Waals surface area contributed by atoms with E-state index in [2.05, 4.69) is 29.2 Å². The van der Waals surface area contributed by atoms with Crippen LogP contribution in [0.2, 0.25) is 0 Å². The van der Waals surface area contributed by atoms with Gasteiger partial charge >= 0.3 is 0 Å². The Bertz CT molecular complexity index is 168. The van der Waals surface area contributed by atoms with E-state index in [0.717, 1.165) is 15.7 Å². The summed E-state index contributed by atoms with van der Waals surface area (Å²) in [6.45, 7) is 5.56. The zero-order valence-electron chi connectivity index (χ0n) is 6.10. The molecule has 1 nitrogen and oxygen atoms in total. The predicted molar refractivity (Wildman–Crippen MR) is 55.1 cm³/mol. The van der Waals surface area contributed by atoms with Crippen molar-refractivity contribution in [3.63, 3.8) is 0 Å². The van der Waals surface area contributed by atoms with Crippen LogP contribution < -0.4 is 5.73 Å². The van der Waals surface area contributed by atoms with Crippen LogP contribution >= 0.6 is 22.6 Å². The molecule has 0 rings (SSSR count). The van der Waals surface area contributed by atoms with Crippen molar-refractivity contribution >= 4 is 22.6 Å². The second-order valence-electron chi connectivity index (χ2n) is 1.94. The average Bonchev–Trinajstić information content (AvgIpc) is 1.98. The summed E-state index contributed by atoms with van der Waals surface area (Å²) in [6.07, 6.45) is 5.58. The standard InChI is InChI=1S/C8H12IN/c1-3-4-5-7(2)8(10)6-9/h3-5H,1,6,10H2,2H3/b5-4-,8-7+. The topological polar surface area (TPSA) is 26.0 Å². The van der Waals surface area contributed by atoms with Crippen LogP contribution in [-0.4, -0.2) is 4.43 Å². The lowest BCUT2D eigenvalue weighted by Gasteiger charge is -1.96. The predicted octanol–water partition coefficient (Wildman–Crippen LogP) is 2.40. The maximum atomic E-state index is 5.64. The molecule has 0 aliphatic rings. The maximum absolute atomic E-state index is 5.64. The third kappa shape index (κ3) is 3.71. The van der Waals surface area contributed by atoms with Crippen molar-refractivity contribution in [2.75, 3.05) is 4.43 Å². The van der Waals surface area contributed by atoms with Gasteiger partial charge in [0, 0.05) is 10.1 Å². The van der Waals surface area contributed by atoms with E-state index in [1.807, 2.05) is 19.1 Å². The van der Waals surface area contributed by atoms with Crippen molar-refractivity contribution in [1.29, 1.82) is 0 Å². The van der Waals surface area contributed by atoms with Gasteiger partial charge < -0.3 is 5.73 Å².